The fourth-order valence-electron chi connectivity index (χ4n) is 4.35. The molecule has 3 unspecified atom stereocenters. The molecule has 2 bridgehead atoms. The van der Waals surface area contributed by atoms with Crippen molar-refractivity contribution in [3.8, 4) is 0 Å². The molecule has 2 heterocycles. The van der Waals surface area contributed by atoms with Gasteiger partial charge in [-0.25, -0.2) is 4.98 Å². The molecule has 2 aromatic rings. The molecule has 4 nitrogen and oxygen atoms in total. The molecule has 4 rings (SSSR count). The highest BCUT2D eigenvalue weighted by molar-refractivity contribution is 7.15. The van der Waals surface area contributed by atoms with Crippen LogP contribution in [-0.4, -0.2) is 23.0 Å². The molecule has 2 N–H and O–H groups in total. The summed E-state index contributed by atoms with van der Waals surface area (Å²) in [5.41, 5.74) is 7.09. The Morgan fingerprint density at radius 3 is 3.05 bits per heavy atom. The SMILES string of the molecule is CN(CC1CC2CCC1C2)c1nc2sccn2c1CN. The van der Waals surface area contributed by atoms with Crippen molar-refractivity contribution in [2.45, 2.75) is 32.2 Å². The third kappa shape index (κ3) is 1.87. The Morgan fingerprint density at radius 2 is 2.35 bits per heavy atom. The van der Waals surface area contributed by atoms with E-state index in [2.05, 4.69) is 27.9 Å². The molecule has 5 heteroatoms. The topological polar surface area (TPSA) is 46.6 Å². The summed E-state index contributed by atoms with van der Waals surface area (Å²) in [6.07, 6.45) is 7.89. The first kappa shape index (κ1) is 12.7. The van der Waals surface area contributed by atoms with E-state index in [1.807, 2.05) is 0 Å². The first-order valence-corrected chi connectivity index (χ1v) is 8.50. The minimum atomic E-state index is 0.550. The van der Waals surface area contributed by atoms with Gasteiger partial charge in [0.25, 0.3) is 0 Å². The van der Waals surface area contributed by atoms with E-state index in [1.165, 1.54) is 25.7 Å². The van der Waals surface area contributed by atoms with E-state index in [-0.39, 0.29) is 0 Å². The molecule has 108 valence electrons. The molecular weight excluding hydrogens is 268 g/mol. The second kappa shape index (κ2) is 4.74. The van der Waals surface area contributed by atoms with E-state index >= 15 is 0 Å². The average Bonchev–Trinajstić information content (AvgIpc) is 3.17. The number of thiazole rings is 1. The number of hydrogen-bond acceptors (Lipinski definition) is 4. The van der Waals surface area contributed by atoms with Gasteiger partial charge in [-0.3, -0.25) is 4.40 Å². The van der Waals surface area contributed by atoms with E-state index in [9.17, 15) is 0 Å². The van der Waals surface area contributed by atoms with Crippen molar-refractivity contribution in [1.82, 2.24) is 9.38 Å². The molecule has 0 aromatic carbocycles. The predicted octanol–water partition coefficient (Wildman–Crippen LogP) is 2.73. The molecule has 20 heavy (non-hydrogen) atoms. The van der Waals surface area contributed by atoms with Gasteiger partial charge in [0.15, 0.2) is 10.8 Å². The Morgan fingerprint density at radius 1 is 1.45 bits per heavy atom. The van der Waals surface area contributed by atoms with Gasteiger partial charge < -0.3 is 10.6 Å². The van der Waals surface area contributed by atoms with Gasteiger partial charge in [-0.05, 0) is 37.0 Å². The van der Waals surface area contributed by atoms with Crippen molar-refractivity contribution in [3.05, 3.63) is 17.3 Å². The number of nitrogens with zero attached hydrogens (tertiary/aromatic N) is 3. The number of fused-ring (bicyclic) bond motifs is 3. The van der Waals surface area contributed by atoms with Crippen LogP contribution in [0.2, 0.25) is 0 Å². The van der Waals surface area contributed by atoms with Crippen molar-refractivity contribution in [3.63, 3.8) is 0 Å². The van der Waals surface area contributed by atoms with E-state index in [0.29, 0.717) is 6.54 Å². The lowest BCUT2D eigenvalue weighted by Crippen LogP contribution is -2.29. The number of nitrogens with two attached hydrogens (primary N) is 1. The molecule has 0 radical (unpaired) electrons. The molecule has 0 amide bonds. The zero-order valence-electron chi connectivity index (χ0n) is 12.0. The van der Waals surface area contributed by atoms with Crippen molar-refractivity contribution >= 4 is 22.1 Å². The van der Waals surface area contributed by atoms with Gasteiger partial charge in [0.2, 0.25) is 0 Å². The molecule has 2 aliphatic rings. The van der Waals surface area contributed by atoms with Crippen LogP contribution >= 0.6 is 11.3 Å². The van der Waals surface area contributed by atoms with Gasteiger partial charge in [0.1, 0.15) is 0 Å². The van der Waals surface area contributed by atoms with Crippen molar-refractivity contribution < 1.29 is 0 Å². The Balaban J connectivity index is 1.57. The highest BCUT2D eigenvalue weighted by atomic mass is 32.1. The summed E-state index contributed by atoms with van der Waals surface area (Å²) in [5, 5.41) is 2.07. The van der Waals surface area contributed by atoms with E-state index in [1.54, 1.807) is 11.3 Å². The second-order valence-electron chi connectivity index (χ2n) is 6.46. The van der Waals surface area contributed by atoms with Crippen LogP contribution in [0.4, 0.5) is 5.82 Å². The number of imidazole rings is 1. The van der Waals surface area contributed by atoms with Gasteiger partial charge in [0, 0.05) is 31.7 Å². The Kier molecular flexibility index (Phi) is 3.00. The van der Waals surface area contributed by atoms with E-state index in [4.69, 9.17) is 10.7 Å². The quantitative estimate of drug-likeness (QED) is 0.942. The van der Waals surface area contributed by atoms with Crippen LogP contribution in [0.5, 0.6) is 0 Å². The van der Waals surface area contributed by atoms with Crippen LogP contribution in [0, 0.1) is 17.8 Å². The van der Waals surface area contributed by atoms with Gasteiger partial charge >= 0.3 is 0 Å². The Bertz CT molecular complexity index is 616. The second-order valence-corrected chi connectivity index (χ2v) is 7.33. The summed E-state index contributed by atoms with van der Waals surface area (Å²) < 4.78 is 2.14. The summed E-state index contributed by atoms with van der Waals surface area (Å²) >= 11 is 1.68. The highest BCUT2D eigenvalue weighted by Gasteiger charge is 2.40. The van der Waals surface area contributed by atoms with Crippen LogP contribution < -0.4 is 10.6 Å². The van der Waals surface area contributed by atoms with Crippen molar-refractivity contribution in [2.24, 2.45) is 23.5 Å². The minimum absolute atomic E-state index is 0.550. The highest BCUT2D eigenvalue weighted by Crippen LogP contribution is 2.48. The summed E-state index contributed by atoms with van der Waals surface area (Å²) in [5.74, 6) is 3.93. The largest absolute Gasteiger partial charge is 0.358 e. The number of hydrogen-bond donors (Lipinski definition) is 1. The van der Waals surface area contributed by atoms with E-state index < -0.39 is 0 Å². The lowest BCUT2D eigenvalue weighted by Gasteiger charge is -2.27. The Hall–Kier alpha value is -1.07. The maximum atomic E-state index is 5.94. The standard InChI is InChI=1S/C15H22N4S/c1-18(9-12-7-10-2-3-11(12)6-10)14-13(8-16)19-4-5-20-15(19)17-14/h4-5,10-12H,2-3,6-9,16H2,1H3. The van der Waals surface area contributed by atoms with Crippen molar-refractivity contribution in [1.29, 1.82) is 0 Å². The molecule has 3 atom stereocenters. The summed E-state index contributed by atoms with van der Waals surface area (Å²) in [6, 6.07) is 0. The molecule has 0 spiro atoms. The minimum Gasteiger partial charge on any atom is -0.358 e. The normalized spacial score (nSPS) is 28.6. The van der Waals surface area contributed by atoms with Gasteiger partial charge in [0.05, 0.1) is 5.69 Å². The van der Waals surface area contributed by atoms with Crippen molar-refractivity contribution in [2.75, 3.05) is 18.5 Å². The molecule has 2 saturated carbocycles. The van der Waals surface area contributed by atoms with Gasteiger partial charge in [-0.2, -0.15) is 0 Å². The van der Waals surface area contributed by atoms with Crippen LogP contribution in [-0.2, 0) is 6.54 Å². The van der Waals surface area contributed by atoms with Crippen LogP contribution in [0.3, 0.4) is 0 Å². The zero-order chi connectivity index (χ0) is 13.7. The third-order valence-corrected chi connectivity index (χ3v) is 6.04. The molecule has 2 aliphatic carbocycles. The van der Waals surface area contributed by atoms with Crippen LogP contribution in [0.1, 0.15) is 31.4 Å². The van der Waals surface area contributed by atoms with Gasteiger partial charge in [-0.1, -0.05) is 6.42 Å². The lowest BCUT2D eigenvalue weighted by atomic mass is 9.88. The fourth-order valence-corrected chi connectivity index (χ4v) is 5.08. The zero-order valence-corrected chi connectivity index (χ0v) is 12.8. The van der Waals surface area contributed by atoms with E-state index in [0.717, 1.165) is 40.8 Å². The number of anilines is 1. The lowest BCUT2D eigenvalue weighted by molar-refractivity contribution is 0.337. The maximum absolute atomic E-state index is 5.94. The monoisotopic (exact) mass is 290 g/mol. The Labute approximate surface area is 123 Å². The smallest absolute Gasteiger partial charge is 0.195 e. The van der Waals surface area contributed by atoms with Crippen LogP contribution in [0.25, 0.3) is 4.96 Å². The summed E-state index contributed by atoms with van der Waals surface area (Å²) in [6.45, 7) is 1.69. The first-order valence-electron chi connectivity index (χ1n) is 7.62. The average molecular weight is 290 g/mol. The molecule has 2 aromatic heterocycles. The maximum Gasteiger partial charge on any atom is 0.195 e. The summed E-state index contributed by atoms with van der Waals surface area (Å²) in [4.78, 5) is 8.17. The number of aromatic nitrogens is 2. The predicted molar refractivity (Wildman–Crippen MR) is 83.2 cm³/mol. The third-order valence-electron chi connectivity index (χ3n) is 5.29. The molecule has 0 saturated heterocycles. The summed E-state index contributed by atoms with van der Waals surface area (Å²) in [7, 11) is 2.18. The fraction of sp³-hybridized carbons (Fsp3) is 0.667. The molecule has 0 aliphatic heterocycles. The molecular formula is C15H22N4S. The van der Waals surface area contributed by atoms with Gasteiger partial charge in [-0.15, -0.1) is 11.3 Å². The number of rotatable bonds is 4. The first-order chi connectivity index (χ1) is 9.76. The van der Waals surface area contributed by atoms with Crippen LogP contribution in [0.15, 0.2) is 11.6 Å². The molecule has 2 fully saturated rings.